The molecule has 1 aliphatic rings. The van der Waals surface area contributed by atoms with Crippen LogP contribution in [0, 0.1) is 17.7 Å². The SMILES string of the molecule is C=CCC(C(=O)Nc1ccc(F)cc1)[C@H]1CC[C@@H](c2ccnc3ccccc32)CC1. The monoisotopic (exact) mass is 402 g/mol. The highest BCUT2D eigenvalue weighted by atomic mass is 19.1. The maximum absolute atomic E-state index is 13.1. The van der Waals surface area contributed by atoms with E-state index in [4.69, 9.17) is 0 Å². The van der Waals surface area contributed by atoms with Crippen molar-refractivity contribution in [1.29, 1.82) is 0 Å². The molecule has 0 bridgehead atoms. The Labute approximate surface area is 177 Å². The Morgan fingerprint density at radius 2 is 1.83 bits per heavy atom. The fourth-order valence-electron chi connectivity index (χ4n) is 4.77. The summed E-state index contributed by atoms with van der Waals surface area (Å²) >= 11 is 0. The summed E-state index contributed by atoms with van der Waals surface area (Å²) in [5, 5.41) is 4.19. The summed E-state index contributed by atoms with van der Waals surface area (Å²) in [6, 6.07) is 16.4. The van der Waals surface area contributed by atoms with E-state index in [1.165, 1.54) is 23.1 Å². The second-order valence-corrected chi connectivity index (χ2v) is 8.16. The van der Waals surface area contributed by atoms with Crippen molar-refractivity contribution >= 4 is 22.5 Å². The Balaban J connectivity index is 1.44. The Morgan fingerprint density at radius 1 is 1.10 bits per heavy atom. The summed E-state index contributed by atoms with van der Waals surface area (Å²) < 4.78 is 13.1. The normalized spacial score (nSPS) is 19.9. The van der Waals surface area contributed by atoms with Crippen molar-refractivity contribution < 1.29 is 9.18 Å². The van der Waals surface area contributed by atoms with E-state index in [1.807, 2.05) is 18.3 Å². The van der Waals surface area contributed by atoms with Gasteiger partial charge in [0.25, 0.3) is 0 Å². The van der Waals surface area contributed by atoms with E-state index in [2.05, 4.69) is 41.1 Å². The molecule has 1 fully saturated rings. The predicted octanol–water partition coefficient (Wildman–Crippen LogP) is 6.48. The number of benzene rings is 2. The summed E-state index contributed by atoms with van der Waals surface area (Å²) in [7, 11) is 0. The third-order valence-electron chi connectivity index (χ3n) is 6.33. The summed E-state index contributed by atoms with van der Waals surface area (Å²) in [5.74, 6) is 0.408. The number of halogens is 1. The van der Waals surface area contributed by atoms with Crippen LogP contribution in [0.25, 0.3) is 10.9 Å². The van der Waals surface area contributed by atoms with Crippen LogP contribution < -0.4 is 5.32 Å². The van der Waals surface area contributed by atoms with E-state index < -0.39 is 0 Å². The van der Waals surface area contributed by atoms with Gasteiger partial charge < -0.3 is 5.32 Å². The first-order valence-electron chi connectivity index (χ1n) is 10.7. The molecule has 1 saturated carbocycles. The molecule has 1 heterocycles. The molecule has 1 atom stereocenters. The molecule has 1 unspecified atom stereocenters. The number of para-hydroxylation sites is 1. The summed E-state index contributed by atoms with van der Waals surface area (Å²) in [6.45, 7) is 3.86. The van der Waals surface area contributed by atoms with Gasteiger partial charge in [-0.3, -0.25) is 9.78 Å². The molecule has 154 valence electrons. The van der Waals surface area contributed by atoms with Gasteiger partial charge in [0.2, 0.25) is 5.91 Å². The number of rotatable bonds is 6. The lowest BCUT2D eigenvalue weighted by atomic mass is 9.72. The van der Waals surface area contributed by atoms with Crippen LogP contribution in [0.1, 0.15) is 43.6 Å². The average molecular weight is 403 g/mol. The van der Waals surface area contributed by atoms with Gasteiger partial charge in [-0.05, 0) is 85.9 Å². The number of nitrogens with zero attached hydrogens (tertiary/aromatic N) is 1. The van der Waals surface area contributed by atoms with E-state index >= 15 is 0 Å². The van der Waals surface area contributed by atoms with Gasteiger partial charge >= 0.3 is 0 Å². The first-order valence-corrected chi connectivity index (χ1v) is 10.7. The van der Waals surface area contributed by atoms with Crippen molar-refractivity contribution in [3.8, 4) is 0 Å². The maximum Gasteiger partial charge on any atom is 0.228 e. The van der Waals surface area contributed by atoms with Crippen molar-refractivity contribution in [2.24, 2.45) is 11.8 Å². The number of anilines is 1. The molecule has 4 heteroatoms. The second kappa shape index (κ2) is 9.21. The first-order chi connectivity index (χ1) is 14.7. The van der Waals surface area contributed by atoms with Crippen molar-refractivity contribution in [3.05, 3.63) is 84.8 Å². The van der Waals surface area contributed by atoms with Gasteiger partial charge in [0.15, 0.2) is 0 Å². The minimum Gasteiger partial charge on any atom is -0.326 e. The van der Waals surface area contributed by atoms with Crippen molar-refractivity contribution in [3.63, 3.8) is 0 Å². The molecular weight excluding hydrogens is 375 g/mol. The predicted molar refractivity (Wildman–Crippen MR) is 120 cm³/mol. The Hall–Kier alpha value is -3.01. The maximum atomic E-state index is 13.1. The van der Waals surface area contributed by atoms with Crippen molar-refractivity contribution in [2.75, 3.05) is 5.32 Å². The summed E-state index contributed by atoms with van der Waals surface area (Å²) in [6.07, 6.45) is 8.54. The number of carbonyl (C=O) groups is 1. The molecule has 1 aliphatic carbocycles. The van der Waals surface area contributed by atoms with Crippen LogP contribution in [-0.2, 0) is 4.79 Å². The quantitative estimate of drug-likeness (QED) is 0.480. The topological polar surface area (TPSA) is 42.0 Å². The average Bonchev–Trinajstić information content (AvgIpc) is 2.79. The van der Waals surface area contributed by atoms with Gasteiger partial charge in [-0.2, -0.15) is 0 Å². The van der Waals surface area contributed by atoms with Crippen LogP contribution in [-0.4, -0.2) is 10.9 Å². The van der Waals surface area contributed by atoms with Crippen LogP contribution in [0.4, 0.5) is 10.1 Å². The molecule has 1 amide bonds. The number of carbonyl (C=O) groups excluding carboxylic acids is 1. The van der Waals surface area contributed by atoms with Crippen LogP contribution in [0.15, 0.2) is 73.4 Å². The first kappa shape index (κ1) is 20.3. The molecule has 0 saturated heterocycles. The lowest BCUT2D eigenvalue weighted by Crippen LogP contribution is -2.31. The molecule has 0 aliphatic heterocycles. The molecule has 2 aromatic carbocycles. The third-order valence-corrected chi connectivity index (χ3v) is 6.33. The molecular formula is C26H27FN2O. The van der Waals surface area contributed by atoms with E-state index in [9.17, 15) is 9.18 Å². The molecule has 3 aromatic rings. The van der Waals surface area contributed by atoms with Crippen LogP contribution in [0.5, 0.6) is 0 Å². The number of amides is 1. The fraction of sp³-hybridized carbons (Fsp3) is 0.308. The molecule has 0 radical (unpaired) electrons. The highest BCUT2D eigenvalue weighted by molar-refractivity contribution is 5.92. The number of hydrogen-bond donors (Lipinski definition) is 1. The van der Waals surface area contributed by atoms with E-state index in [0.717, 1.165) is 31.2 Å². The summed E-state index contributed by atoms with van der Waals surface area (Å²) in [4.78, 5) is 17.4. The number of pyridine rings is 1. The van der Waals surface area contributed by atoms with Gasteiger partial charge in [-0.25, -0.2) is 4.39 Å². The molecule has 0 spiro atoms. The Bertz CT molecular complexity index is 1020. The number of hydrogen-bond acceptors (Lipinski definition) is 2. The molecule has 4 rings (SSSR count). The largest absolute Gasteiger partial charge is 0.326 e. The second-order valence-electron chi connectivity index (χ2n) is 8.16. The smallest absolute Gasteiger partial charge is 0.228 e. The highest BCUT2D eigenvalue weighted by Crippen LogP contribution is 2.41. The zero-order chi connectivity index (χ0) is 20.9. The van der Waals surface area contributed by atoms with Crippen molar-refractivity contribution in [1.82, 2.24) is 4.98 Å². The lowest BCUT2D eigenvalue weighted by molar-refractivity contribution is -0.121. The minimum atomic E-state index is -0.308. The lowest BCUT2D eigenvalue weighted by Gasteiger charge is -2.33. The Morgan fingerprint density at radius 3 is 2.57 bits per heavy atom. The zero-order valence-corrected chi connectivity index (χ0v) is 17.1. The minimum absolute atomic E-state index is 0.000630. The molecule has 1 N–H and O–H groups in total. The number of fused-ring (bicyclic) bond motifs is 1. The number of allylic oxidation sites excluding steroid dienone is 1. The van der Waals surface area contributed by atoms with Gasteiger partial charge in [-0.1, -0.05) is 24.3 Å². The van der Waals surface area contributed by atoms with Crippen LogP contribution in [0.2, 0.25) is 0 Å². The van der Waals surface area contributed by atoms with Crippen LogP contribution in [0.3, 0.4) is 0 Å². The standard InChI is InChI=1S/C26H27FN2O/c1-2-5-23(26(30)29-21-14-12-20(27)13-15-21)19-10-8-18(9-11-19)22-16-17-28-25-7-4-3-6-24(22)25/h2-4,6-7,12-19,23H,1,5,8-11H2,(H,29,30)/t18-,19+,23?. The zero-order valence-electron chi connectivity index (χ0n) is 17.1. The fourth-order valence-corrected chi connectivity index (χ4v) is 4.77. The molecule has 1 aromatic heterocycles. The van der Waals surface area contributed by atoms with Crippen LogP contribution >= 0.6 is 0 Å². The Kier molecular flexibility index (Phi) is 6.22. The highest BCUT2D eigenvalue weighted by Gasteiger charge is 2.32. The van der Waals surface area contributed by atoms with Gasteiger partial charge in [0.05, 0.1) is 5.52 Å². The van der Waals surface area contributed by atoms with E-state index in [-0.39, 0.29) is 17.6 Å². The van der Waals surface area contributed by atoms with E-state index in [0.29, 0.717) is 23.9 Å². The van der Waals surface area contributed by atoms with Crippen molar-refractivity contribution in [2.45, 2.75) is 38.0 Å². The molecule has 30 heavy (non-hydrogen) atoms. The van der Waals surface area contributed by atoms with Gasteiger partial charge in [0.1, 0.15) is 5.82 Å². The van der Waals surface area contributed by atoms with Gasteiger partial charge in [-0.15, -0.1) is 6.58 Å². The van der Waals surface area contributed by atoms with Gasteiger partial charge in [0, 0.05) is 23.2 Å². The molecule has 3 nitrogen and oxygen atoms in total. The summed E-state index contributed by atoms with van der Waals surface area (Å²) in [5.41, 5.74) is 3.04. The number of aromatic nitrogens is 1. The number of nitrogens with one attached hydrogen (secondary N) is 1. The van der Waals surface area contributed by atoms with E-state index in [1.54, 1.807) is 12.1 Å². The third kappa shape index (κ3) is 4.43.